The second-order valence-corrected chi connectivity index (χ2v) is 5.05. The first-order valence-corrected chi connectivity index (χ1v) is 6.90. The third-order valence-electron chi connectivity index (χ3n) is 3.40. The largest absolute Gasteiger partial charge is 0.496 e. The molecule has 0 amide bonds. The Kier molecular flexibility index (Phi) is 4.87. The Hall–Kier alpha value is -0.770. The van der Waals surface area contributed by atoms with Gasteiger partial charge in [0.25, 0.3) is 0 Å². The lowest BCUT2D eigenvalue weighted by molar-refractivity contribution is 0.233. The van der Waals surface area contributed by atoms with E-state index in [1.165, 1.54) is 5.56 Å². The zero-order valence-corrected chi connectivity index (χ0v) is 11.9. The molecule has 2 rings (SSSR count). The lowest BCUT2D eigenvalue weighted by Gasteiger charge is -2.27. The van der Waals surface area contributed by atoms with Crippen molar-refractivity contribution in [3.63, 3.8) is 0 Å². The van der Waals surface area contributed by atoms with Crippen LogP contribution in [-0.2, 0) is 13.0 Å². The molecule has 1 aliphatic rings. The predicted molar refractivity (Wildman–Crippen MR) is 75.5 cm³/mol. The summed E-state index contributed by atoms with van der Waals surface area (Å²) in [6.45, 7) is 7.36. The molecule has 1 heterocycles. The van der Waals surface area contributed by atoms with Gasteiger partial charge in [-0.2, -0.15) is 0 Å². The summed E-state index contributed by atoms with van der Waals surface area (Å²) in [6.07, 6.45) is 0.899. The van der Waals surface area contributed by atoms with Crippen LogP contribution in [0.3, 0.4) is 0 Å². The quantitative estimate of drug-likeness (QED) is 0.907. The van der Waals surface area contributed by atoms with Crippen molar-refractivity contribution in [3.05, 3.63) is 28.3 Å². The van der Waals surface area contributed by atoms with Crippen molar-refractivity contribution < 1.29 is 4.74 Å². The van der Waals surface area contributed by atoms with E-state index in [2.05, 4.69) is 29.3 Å². The molecular weight excluding hydrogens is 248 g/mol. The van der Waals surface area contributed by atoms with E-state index >= 15 is 0 Å². The maximum absolute atomic E-state index is 6.32. The van der Waals surface area contributed by atoms with E-state index in [-0.39, 0.29) is 0 Å². The number of rotatable bonds is 4. The number of hydrogen-bond acceptors (Lipinski definition) is 3. The van der Waals surface area contributed by atoms with Crippen LogP contribution in [0.1, 0.15) is 18.1 Å². The summed E-state index contributed by atoms with van der Waals surface area (Å²) >= 11 is 6.32. The Morgan fingerprint density at radius 2 is 2.06 bits per heavy atom. The summed E-state index contributed by atoms with van der Waals surface area (Å²) in [5.41, 5.74) is 2.33. The highest BCUT2D eigenvalue weighted by Gasteiger charge is 2.13. The van der Waals surface area contributed by atoms with Crippen LogP contribution in [0.5, 0.6) is 5.75 Å². The summed E-state index contributed by atoms with van der Waals surface area (Å²) in [7, 11) is 1.71. The molecule has 1 saturated heterocycles. The van der Waals surface area contributed by atoms with Gasteiger partial charge in [0.05, 0.1) is 7.11 Å². The summed E-state index contributed by atoms with van der Waals surface area (Å²) in [5.74, 6) is 0.912. The van der Waals surface area contributed by atoms with Crippen molar-refractivity contribution in [3.8, 4) is 5.75 Å². The van der Waals surface area contributed by atoms with E-state index in [4.69, 9.17) is 16.3 Å². The van der Waals surface area contributed by atoms with Crippen LogP contribution in [0.2, 0.25) is 5.02 Å². The fraction of sp³-hybridized carbons (Fsp3) is 0.571. The van der Waals surface area contributed by atoms with Crippen molar-refractivity contribution in [2.24, 2.45) is 0 Å². The van der Waals surface area contributed by atoms with E-state index in [1.54, 1.807) is 7.11 Å². The predicted octanol–water partition coefficient (Wildman–Crippen LogP) is 2.32. The number of hydrogen-bond donors (Lipinski definition) is 1. The molecule has 1 aromatic rings. The molecular formula is C14H21ClN2O. The van der Waals surface area contributed by atoms with Crippen LogP contribution in [0.15, 0.2) is 12.1 Å². The number of nitrogens with one attached hydrogen (secondary N) is 1. The molecule has 0 unspecified atom stereocenters. The van der Waals surface area contributed by atoms with Gasteiger partial charge in [0.15, 0.2) is 0 Å². The molecule has 0 spiro atoms. The summed E-state index contributed by atoms with van der Waals surface area (Å²) in [5, 5.41) is 4.18. The van der Waals surface area contributed by atoms with Crippen LogP contribution >= 0.6 is 11.6 Å². The Labute approximate surface area is 114 Å². The normalized spacial score (nSPS) is 16.8. The van der Waals surface area contributed by atoms with Crippen LogP contribution in [-0.4, -0.2) is 38.2 Å². The van der Waals surface area contributed by atoms with Gasteiger partial charge in [0.2, 0.25) is 0 Å². The first-order chi connectivity index (χ1) is 8.74. The highest BCUT2D eigenvalue weighted by atomic mass is 35.5. The van der Waals surface area contributed by atoms with Gasteiger partial charge in [0.1, 0.15) is 5.75 Å². The second-order valence-electron chi connectivity index (χ2n) is 4.64. The molecule has 1 N–H and O–H groups in total. The molecule has 100 valence electrons. The van der Waals surface area contributed by atoms with Gasteiger partial charge in [0, 0.05) is 43.3 Å². The fourth-order valence-corrected chi connectivity index (χ4v) is 2.78. The molecule has 1 aliphatic heterocycles. The average Bonchev–Trinajstić information content (AvgIpc) is 2.39. The van der Waals surface area contributed by atoms with E-state index in [0.717, 1.165) is 55.5 Å². The van der Waals surface area contributed by atoms with Crippen molar-refractivity contribution in [1.29, 1.82) is 0 Å². The minimum Gasteiger partial charge on any atom is -0.496 e. The molecule has 0 saturated carbocycles. The van der Waals surface area contributed by atoms with E-state index in [0.29, 0.717) is 0 Å². The number of piperazine rings is 1. The Morgan fingerprint density at radius 1 is 1.33 bits per heavy atom. The number of nitrogens with zero attached hydrogens (tertiary/aromatic N) is 1. The Morgan fingerprint density at radius 3 is 2.67 bits per heavy atom. The van der Waals surface area contributed by atoms with Crippen LogP contribution in [0.4, 0.5) is 0 Å². The number of benzene rings is 1. The molecule has 0 radical (unpaired) electrons. The maximum Gasteiger partial charge on any atom is 0.123 e. The van der Waals surface area contributed by atoms with Crippen molar-refractivity contribution in [2.75, 3.05) is 33.3 Å². The Bertz CT molecular complexity index is 403. The van der Waals surface area contributed by atoms with Gasteiger partial charge in [-0.05, 0) is 24.1 Å². The number of ether oxygens (including phenoxy) is 1. The van der Waals surface area contributed by atoms with Crippen molar-refractivity contribution in [1.82, 2.24) is 10.2 Å². The average molecular weight is 269 g/mol. The minimum atomic E-state index is 0.821. The van der Waals surface area contributed by atoms with Gasteiger partial charge in [-0.1, -0.05) is 18.5 Å². The highest BCUT2D eigenvalue weighted by molar-refractivity contribution is 6.31. The van der Waals surface area contributed by atoms with Crippen molar-refractivity contribution >= 4 is 11.6 Å². The zero-order valence-electron chi connectivity index (χ0n) is 11.1. The van der Waals surface area contributed by atoms with Gasteiger partial charge in [-0.15, -0.1) is 0 Å². The van der Waals surface area contributed by atoms with Gasteiger partial charge < -0.3 is 10.1 Å². The van der Waals surface area contributed by atoms with Crippen LogP contribution < -0.4 is 10.1 Å². The van der Waals surface area contributed by atoms with Gasteiger partial charge >= 0.3 is 0 Å². The first-order valence-electron chi connectivity index (χ1n) is 6.53. The lowest BCUT2D eigenvalue weighted by Crippen LogP contribution is -2.42. The SMILES string of the molecule is CCc1c(Cl)cc(CN2CCNCC2)cc1OC. The third-order valence-corrected chi connectivity index (χ3v) is 3.74. The summed E-state index contributed by atoms with van der Waals surface area (Å²) in [6, 6.07) is 4.19. The molecule has 1 aromatic carbocycles. The Balaban J connectivity index is 2.15. The molecule has 1 fully saturated rings. The molecule has 18 heavy (non-hydrogen) atoms. The highest BCUT2D eigenvalue weighted by Crippen LogP contribution is 2.29. The van der Waals surface area contributed by atoms with Gasteiger partial charge in [-0.25, -0.2) is 0 Å². The molecule has 3 nitrogen and oxygen atoms in total. The van der Waals surface area contributed by atoms with E-state index in [1.807, 2.05) is 0 Å². The van der Waals surface area contributed by atoms with E-state index in [9.17, 15) is 0 Å². The molecule has 0 aromatic heterocycles. The first kappa shape index (κ1) is 13.7. The topological polar surface area (TPSA) is 24.5 Å². The summed E-state index contributed by atoms with van der Waals surface area (Å²) in [4.78, 5) is 2.44. The lowest BCUT2D eigenvalue weighted by atomic mass is 10.1. The van der Waals surface area contributed by atoms with Crippen LogP contribution in [0.25, 0.3) is 0 Å². The second kappa shape index (κ2) is 6.41. The summed E-state index contributed by atoms with van der Waals surface area (Å²) < 4.78 is 5.43. The molecule has 0 aliphatic carbocycles. The maximum atomic E-state index is 6.32. The molecule has 4 heteroatoms. The van der Waals surface area contributed by atoms with Crippen LogP contribution in [0, 0.1) is 0 Å². The number of methoxy groups -OCH3 is 1. The molecule has 0 bridgehead atoms. The number of halogens is 1. The standard InChI is InChI=1S/C14H21ClN2O/c1-3-12-13(15)8-11(9-14(12)18-2)10-17-6-4-16-5-7-17/h8-9,16H,3-7,10H2,1-2H3. The smallest absolute Gasteiger partial charge is 0.123 e. The fourth-order valence-electron chi connectivity index (χ4n) is 2.41. The third kappa shape index (κ3) is 3.16. The molecule has 0 atom stereocenters. The van der Waals surface area contributed by atoms with E-state index < -0.39 is 0 Å². The zero-order chi connectivity index (χ0) is 13.0. The van der Waals surface area contributed by atoms with Crippen molar-refractivity contribution in [2.45, 2.75) is 19.9 Å². The van der Waals surface area contributed by atoms with Gasteiger partial charge in [-0.3, -0.25) is 4.90 Å². The minimum absolute atomic E-state index is 0.821. The monoisotopic (exact) mass is 268 g/mol.